The van der Waals surface area contributed by atoms with E-state index in [1.807, 2.05) is 0 Å². The smallest absolute Gasteiger partial charge is 0.000263 e. The second-order valence-corrected chi connectivity index (χ2v) is 9.36. The molecule has 1 atom stereocenters. The Morgan fingerprint density at radius 3 is 1.95 bits per heavy atom. The van der Waals surface area contributed by atoms with Gasteiger partial charge in [-0.1, -0.05) is 61.8 Å². The molecule has 0 aliphatic rings. The summed E-state index contributed by atoms with van der Waals surface area (Å²) in [6.45, 7) is 23.1. The Labute approximate surface area is 134 Å². The Morgan fingerprint density at radius 1 is 0.810 bits per heavy atom. The highest BCUT2D eigenvalue weighted by atomic mass is 14.9. The van der Waals surface area contributed by atoms with Crippen LogP contribution in [0.25, 0.3) is 0 Å². The summed E-state index contributed by atoms with van der Waals surface area (Å²) in [4.78, 5) is 0. The van der Waals surface area contributed by atoms with Crippen molar-refractivity contribution in [1.82, 2.24) is 10.6 Å². The highest BCUT2D eigenvalue weighted by molar-refractivity contribution is 4.74. The zero-order chi connectivity index (χ0) is 16.5. The largest absolute Gasteiger partial charge is 0.316 e. The molecule has 0 amide bonds. The summed E-state index contributed by atoms with van der Waals surface area (Å²) in [6.07, 6.45) is 3.96. The first-order chi connectivity index (χ1) is 9.52. The summed E-state index contributed by atoms with van der Waals surface area (Å²) in [5.41, 5.74) is 0.815. The molecule has 0 aliphatic carbocycles. The molecule has 0 heterocycles. The molecule has 0 radical (unpaired) electrons. The molecule has 128 valence electrons. The van der Waals surface area contributed by atoms with Crippen molar-refractivity contribution in [2.75, 3.05) is 26.2 Å². The first kappa shape index (κ1) is 20.9. The van der Waals surface area contributed by atoms with Crippen LogP contribution in [0.5, 0.6) is 0 Å². The molecule has 0 fully saturated rings. The van der Waals surface area contributed by atoms with Gasteiger partial charge in [0, 0.05) is 6.54 Å². The zero-order valence-corrected chi connectivity index (χ0v) is 16.1. The van der Waals surface area contributed by atoms with Crippen molar-refractivity contribution in [2.45, 2.75) is 74.7 Å². The van der Waals surface area contributed by atoms with Gasteiger partial charge in [-0.05, 0) is 55.1 Å². The third-order valence-corrected chi connectivity index (χ3v) is 3.94. The molecule has 0 aromatic heterocycles. The average molecular weight is 299 g/mol. The number of hydrogen-bond acceptors (Lipinski definition) is 2. The Morgan fingerprint density at radius 2 is 1.43 bits per heavy atom. The van der Waals surface area contributed by atoms with Gasteiger partial charge in [0.25, 0.3) is 0 Å². The van der Waals surface area contributed by atoms with Gasteiger partial charge < -0.3 is 10.6 Å². The van der Waals surface area contributed by atoms with E-state index in [9.17, 15) is 0 Å². The molecule has 2 nitrogen and oxygen atoms in total. The van der Waals surface area contributed by atoms with Crippen LogP contribution in [-0.2, 0) is 0 Å². The maximum absolute atomic E-state index is 3.61. The highest BCUT2D eigenvalue weighted by Crippen LogP contribution is 2.25. The van der Waals surface area contributed by atoms with Crippen LogP contribution in [0.1, 0.15) is 74.7 Å². The fourth-order valence-electron chi connectivity index (χ4n) is 2.38. The predicted molar refractivity (Wildman–Crippen MR) is 96.8 cm³/mol. The predicted octanol–water partition coefficient (Wildman–Crippen LogP) is 4.70. The van der Waals surface area contributed by atoms with Crippen LogP contribution < -0.4 is 10.6 Å². The summed E-state index contributed by atoms with van der Waals surface area (Å²) >= 11 is 0. The Bertz CT molecular complexity index is 251. The van der Waals surface area contributed by atoms with Crippen molar-refractivity contribution in [2.24, 2.45) is 22.7 Å². The minimum Gasteiger partial charge on any atom is -0.316 e. The van der Waals surface area contributed by atoms with Gasteiger partial charge >= 0.3 is 0 Å². The Hall–Kier alpha value is -0.0800. The lowest BCUT2D eigenvalue weighted by Gasteiger charge is -2.27. The molecule has 0 bridgehead atoms. The molecule has 2 heteroatoms. The summed E-state index contributed by atoms with van der Waals surface area (Å²) < 4.78 is 0. The first-order valence-electron chi connectivity index (χ1n) is 8.93. The van der Waals surface area contributed by atoms with Gasteiger partial charge in [0.1, 0.15) is 0 Å². The lowest BCUT2D eigenvalue weighted by atomic mass is 9.84. The molecular formula is C19H42N2. The molecule has 2 N–H and O–H groups in total. The molecule has 1 unspecified atom stereocenters. The second kappa shape index (κ2) is 9.84. The van der Waals surface area contributed by atoms with Crippen LogP contribution in [0.15, 0.2) is 0 Å². The molecule has 0 rings (SSSR count). The van der Waals surface area contributed by atoms with Gasteiger partial charge in [0.15, 0.2) is 0 Å². The molecule has 21 heavy (non-hydrogen) atoms. The van der Waals surface area contributed by atoms with Crippen LogP contribution >= 0.6 is 0 Å². The van der Waals surface area contributed by atoms with Crippen LogP contribution in [0.2, 0.25) is 0 Å². The first-order valence-corrected chi connectivity index (χ1v) is 8.93. The summed E-state index contributed by atoms with van der Waals surface area (Å²) in [6, 6.07) is 0. The van der Waals surface area contributed by atoms with Crippen LogP contribution in [-0.4, -0.2) is 26.2 Å². The van der Waals surface area contributed by atoms with Crippen molar-refractivity contribution in [1.29, 1.82) is 0 Å². The summed E-state index contributed by atoms with van der Waals surface area (Å²) in [5, 5.41) is 7.19. The van der Waals surface area contributed by atoms with Gasteiger partial charge in [-0.3, -0.25) is 0 Å². The average Bonchev–Trinajstić information content (AvgIpc) is 2.30. The van der Waals surface area contributed by atoms with E-state index in [0.29, 0.717) is 10.8 Å². The van der Waals surface area contributed by atoms with Gasteiger partial charge in [-0.25, -0.2) is 0 Å². The fraction of sp³-hybridized carbons (Fsp3) is 1.00. The van der Waals surface area contributed by atoms with Crippen LogP contribution in [0.4, 0.5) is 0 Å². The third-order valence-electron chi connectivity index (χ3n) is 3.94. The fourth-order valence-corrected chi connectivity index (χ4v) is 2.38. The van der Waals surface area contributed by atoms with E-state index >= 15 is 0 Å². The quantitative estimate of drug-likeness (QED) is 0.540. The highest BCUT2D eigenvalue weighted by Gasteiger charge is 2.18. The van der Waals surface area contributed by atoms with E-state index in [2.05, 4.69) is 66.0 Å². The molecule has 0 aromatic rings. The number of hydrogen-bond donors (Lipinski definition) is 2. The third kappa shape index (κ3) is 14.6. The van der Waals surface area contributed by atoms with Crippen molar-refractivity contribution in [3.63, 3.8) is 0 Å². The number of rotatable bonds is 11. The van der Waals surface area contributed by atoms with E-state index in [1.165, 1.54) is 19.3 Å². The van der Waals surface area contributed by atoms with E-state index in [4.69, 9.17) is 0 Å². The molecule has 0 saturated heterocycles. The van der Waals surface area contributed by atoms with Crippen LogP contribution in [0.3, 0.4) is 0 Å². The monoisotopic (exact) mass is 298 g/mol. The van der Waals surface area contributed by atoms with Gasteiger partial charge in [0.05, 0.1) is 0 Å². The maximum atomic E-state index is 3.61. The van der Waals surface area contributed by atoms with Crippen molar-refractivity contribution >= 4 is 0 Å². The van der Waals surface area contributed by atoms with Crippen molar-refractivity contribution in [3.8, 4) is 0 Å². The van der Waals surface area contributed by atoms with E-state index in [1.54, 1.807) is 0 Å². The standard InChI is InChI=1S/C19H42N2/c1-16(2)13-21-15-19(7,8)11-9-17(3)10-12-20-14-18(4,5)6/h16-17,20-21H,9-15H2,1-8H3. The van der Waals surface area contributed by atoms with E-state index < -0.39 is 0 Å². The minimum absolute atomic E-state index is 0.396. The lowest BCUT2D eigenvalue weighted by Crippen LogP contribution is -2.32. The topological polar surface area (TPSA) is 24.1 Å². The lowest BCUT2D eigenvalue weighted by molar-refractivity contribution is 0.274. The number of nitrogens with one attached hydrogen (secondary N) is 2. The normalized spacial score (nSPS) is 14.7. The molecule has 0 aliphatic heterocycles. The van der Waals surface area contributed by atoms with Crippen molar-refractivity contribution < 1.29 is 0 Å². The molecule has 0 aromatic carbocycles. The Kier molecular flexibility index (Phi) is 9.80. The van der Waals surface area contributed by atoms with Crippen molar-refractivity contribution in [3.05, 3.63) is 0 Å². The van der Waals surface area contributed by atoms with Gasteiger partial charge in [-0.15, -0.1) is 0 Å². The van der Waals surface area contributed by atoms with Gasteiger partial charge in [0.2, 0.25) is 0 Å². The van der Waals surface area contributed by atoms with E-state index in [-0.39, 0.29) is 0 Å². The van der Waals surface area contributed by atoms with E-state index in [0.717, 1.165) is 38.0 Å². The zero-order valence-electron chi connectivity index (χ0n) is 16.1. The SMILES string of the molecule is CC(C)CNCC(C)(C)CCC(C)CCNCC(C)(C)C. The second-order valence-electron chi connectivity index (χ2n) is 9.36. The molecule has 0 spiro atoms. The Balaban J connectivity index is 3.72. The molecular weight excluding hydrogens is 256 g/mol. The molecule has 0 saturated carbocycles. The van der Waals surface area contributed by atoms with Gasteiger partial charge in [-0.2, -0.15) is 0 Å². The van der Waals surface area contributed by atoms with Crippen LogP contribution in [0, 0.1) is 22.7 Å². The minimum atomic E-state index is 0.396. The maximum Gasteiger partial charge on any atom is 0.000263 e. The summed E-state index contributed by atoms with van der Waals surface area (Å²) in [5.74, 6) is 1.57. The summed E-state index contributed by atoms with van der Waals surface area (Å²) in [7, 11) is 0.